The number of aromatic nitrogens is 2. The van der Waals surface area contributed by atoms with E-state index in [0.717, 1.165) is 25.9 Å². The molecule has 4 nitrogen and oxygen atoms in total. The van der Waals surface area contributed by atoms with Crippen LogP contribution in [0, 0.1) is 5.92 Å². The van der Waals surface area contributed by atoms with Crippen LogP contribution < -0.4 is 0 Å². The quantitative estimate of drug-likeness (QED) is 0.761. The number of hydrogen-bond acceptors (Lipinski definition) is 4. The van der Waals surface area contributed by atoms with Crippen LogP contribution in [0.2, 0.25) is 0 Å². The molecule has 2 heterocycles. The molecule has 0 N–H and O–H groups in total. The first-order valence-electron chi connectivity index (χ1n) is 4.93. The number of rotatable bonds is 3. The molecule has 0 aromatic carbocycles. The zero-order valence-electron chi connectivity index (χ0n) is 8.23. The molecule has 1 aliphatic heterocycles. The number of amides is 1. The fraction of sp³-hybridized carbons (Fsp3) is 0.667. The Morgan fingerprint density at radius 1 is 1.73 bits per heavy atom. The molecule has 1 aromatic heterocycles. The monoisotopic (exact) mass is 245 g/mol. The second kappa shape index (κ2) is 4.90. The Hall–Kier alpha value is -0.680. The number of alkyl halides is 1. The van der Waals surface area contributed by atoms with Crippen molar-refractivity contribution < 1.29 is 4.79 Å². The van der Waals surface area contributed by atoms with Gasteiger partial charge in [-0.3, -0.25) is 4.79 Å². The van der Waals surface area contributed by atoms with Crippen LogP contribution in [0.3, 0.4) is 0 Å². The van der Waals surface area contributed by atoms with Gasteiger partial charge in [0.05, 0.1) is 0 Å². The fourth-order valence-electron chi connectivity index (χ4n) is 1.83. The van der Waals surface area contributed by atoms with Gasteiger partial charge in [0.1, 0.15) is 0 Å². The molecule has 2 rings (SSSR count). The van der Waals surface area contributed by atoms with Gasteiger partial charge in [-0.25, -0.2) is 0 Å². The molecular formula is C9H12ClN3OS. The van der Waals surface area contributed by atoms with Gasteiger partial charge in [0.15, 0.2) is 5.69 Å². The Labute approximate surface area is 97.4 Å². The third-order valence-electron chi connectivity index (χ3n) is 2.67. The zero-order chi connectivity index (χ0) is 10.7. The van der Waals surface area contributed by atoms with Crippen molar-refractivity contribution in [3.05, 3.63) is 11.1 Å². The summed E-state index contributed by atoms with van der Waals surface area (Å²) in [5.74, 6) is 1.23. The van der Waals surface area contributed by atoms with Gasteiger partial charge in [-0.15, -0.1) is 16.7 Å². The topological polar surface area (TPSA) is 46.1 Å². The van der Waals surface area contributed by atoms with Crippen LogP contribution in [0.15, 0.2) is 5.38 Å². The maximum atomic E-state index is 11.9. The summed E-state index contributed by atoms with van der Waals surface area (Å²) in [5, 5.41) is 5.47. The Morgan fingerprint density at radius 3 is 3.27 bits per heavy atom. The molecular weight excluding hydrogens is 234 g/mol. The predicted molar refractivity (Wildman–Crippen MR) is 59.3 cm³/mol. The van der Waals surface area contributed by atoms with Gasteiger partial charge in [-0.05, 0) is 30.3 Å². The summed E-state index contributed by atoms with van der Waals surface area (Å²) < 4.78 is 3.69. The summed E-state index contributed by atoms with van der Waals surface area (Å²) in [4.78, 5) is 13.7. The highest BCUT2D eigenvalue weighted by Gasteiger charge is 2.27. The summed E-state index contributed by atoms with van der Waals surface area (Å²) in [7, 11) is 0. The van der Waals surface area contributed by atoms with Gasteiger partial charge in [0.2, 0.25) is 0 Å². The van der Waals surface area contributed by atoms with Gasteiger partial charge in [0, 0.05) is 24.3 Å². The van der Waals surface area contributed by atoms with Crippen LogP contribution in [-0.2, 0) is 0 Å². The fourth-order valence-corrected chi connectivity index (χ4v) is 2.57. The van der Waals surface area contributed by atoms with E-state index in [1.54, 1.807) is 5.38 Å². The molecule has 1 fully saturated rings. The van der Waals surface area contributed by atoms with Crippen molar-refractivity contribution in [2.24, 2.45) is 5.92 Å². The van der Waals surface area contributed by atoms with Crippen LogP contribution in [-0.4, -0.2) is 39.4 Å². The Bertz CT molecular complexity index is 330. The van der Waals surface area contributed by atoms with E-state index in [9.17, 15) is 4.79 Å². The Balaban J connectivity index is 1.93. The maximum Gasteiger partial charge on any atom is 0.275 e. The number of carbonyl (C=O) groups is 1. The highest BCUT2D eigenvalue weighted by molar-refractivity contribution is 7.03. The van der Waals surface area contributed by atoms with E-state index in [-0.39, 0.29) is 5.91 Å². The Kier molecular flexibility index (Phi) is 3.53. The van der Waals surface area contributed by atoms with Gasteiger partial charge in [0.25, 0.3) is 5.91 Å². The van der Waals surface area contributed by atoms with Crippen molar-refractivity contribution in [1.82, 2.24) is 14.5 Å². The van der Waals surface area contributed by atoms with E-state index in [1.165, 1.54) is 11.5 Å². The van der Waals surface area contributed by atoms with Crippen molar-refractivity contribution in [1.29, 1.82) is 0 Å². The third-order valence-corrected chi connectivity index (χ3v) is 3.39. The number of hydrogen-bond donors (Lipinski definition) is 0. The number of halogens is 1. The molecule has 1 saturated heterocycles. The van der Waals surface area contributed by atoms with Gasteiger partial charge < -0.3 is 4.90 Å². The van der Waals surface area contributed by atoms with E-state index in [0.29, 0.717) is 17.5 Å². The van der Waals surface area contributed by atoms with Crippen LogP contribution in [0.4, 0.5) is 0 Å². The second-order valence-electron chi connectivity index (χ2n) is 3.67. The molecule has 1 aromatic rings. The summed E-state index contributed by atoms with van der Waals surface area (Å²) in [6.07, 6.45) is 2.04. The van der Waals surface area contributed by atoms with Gasteiger partial charge >= 0.3 is 0 Å². The van der Waals surface area contributed by atoms with Crippen LogP contribution in [0.25, 0.3) is 0 Å². The van der Waals surface area contributed by atoms with E-state index in [2.05, 4.69) is 9.59 Å². The molecule has 1 atom stereocenters. The van der Waals surface area contributed by atoms with Crippen LogP contribution in [0.5, 0.6) is 0 Å². The van der Waals surface area contributed by atoms with E-state index in [4.69, 9.17) is 11.6 Å². The maximum absolute atomic E-state index is 11.9. The van der Waals surface area contributed by atoms with Crippen molar-refractivity contribution in [3.8, 4) is 0 Å². The molecule has 0 radical (unpaired) electrons. The predicted octanol–water partition coefficient (Wildman–Crippen LogP) is 1.63. The van der Waals surface area contributed by atoms with Crippen LogP contribution >= 0.6 is 23.1 Å². The lowest BCUT2D eigenvalue weighted by molar-refractivity contribution is 0.0781. The average Bonchev–Trinajstić information content (AvgIpc) is 2.87. The first-order valence-corrected chi connectivity index (χ1v) is 6.30. The standard InChI is InChI=1S/C9H12ClN3OS/c10-3-1-7-2-4-13(5-7)9(14)8-6-15-12-11-8/h6-7H,1-5H2. The minimum Gasteiger partial charge on any atom is -0.337 e. The van der Waals surface area contributed by atoms with Crippen molar-refractivity contribution in [2.75, 3.05) is 19.0 Å². The van der Waals surface area contributed by atoms with Crippen molar-refractivity contribution in [2.45, 2.75) is 12.8 Å². The smallest absolute Gasteiger partial charge is 0.275 e. The normalized spacial score (nSPS) is 20.9. The largest absolute Gasteiger partial charge is 0.337 e. The minimum atomic E-state index is 0.000762. The second-order valence-corrected chi connectivity index (χ2v) is 4.66. The molecule has 0 bridgehead atoms. The van der Waals surface area contributed by atoms with Gasteiger partial charge in [-0.1, -0.05) is 4.49 Å². The number of nitrogens with zero attached hydrogens (tertiary/aromatic N) is 3. The molecule has 1 unspecified atom stereocenters. The minimum absolute atomic E-state index is 0.000762. The van der Waals surface area contributed by atoms with Gasteiger partial charge in [-0.2, -0.15) is 0 Å². The zero-order valence-corrected chi connectivity index (χ0v) is 9.80. The highest BCUT2D eigenvalue weighted by Crippen LogP contribution is 2.21. The molecule has 0 saturated carbocycles. The summed E-state index contributed by atoms with van der Waals surface area (Å²) in [5.41, 5.74) is 0.464. The van der Waals surface area contributed by atoms with Crippen LogP contribution in [0.1, 0.15) is 23.3 Å². The summed E-state index contributed by atoms with van der Waals surface area (Å²) in [6.45, 7) is 1.63. The molecule has 82 valence electrons. The molecule has 0 spiro atoms. The molecule has 1 aliphatic rings. The SMILES string of the molecule is O=C(c1csnn1)N1CCC(CCCl)C1. The lowest BCUT2D eigenvalue weighted by Gasteiger charge is -2.14. The Morgan fingerprint density at radius 2 is 2.60 bits per heavy atom. The van der Waals surface area contributed by atoms with Crippen molar-refractivity contribution >= 4 is 29.0 Å². The molecule has 15 heavy (non-hydrogen) atoms. The summed E-state index contributed by atoms with van der Waals surface area (Å²) in [6, 6.07) is 0. The van der Waals surface area contributed by atoms with E-state index in [1.807, 2.05) is 4.90 Å². The van der Waals surface area contributed by atoms with E-state index < -0.39 is 0 Å². The first-order chi connectivity index (χ1) is 7.31. The molecule has 1 amide bonds. The first kappa shape index (κ1) is 10.8. The average molecular weight is 246 g/mol. The van der Waals surface area contributed by atoms with Crippen molar-refractivity contribution in [3.63, 3.8) is 0 Å². The molecule has 0 aliphatic carbocycles. The third kappa shape index (κ3) is 2.46. The summed E-state index contributed by atoms with van der Waals surface area (Å²) >= 11 is 6.89. The molecule has 6 heteroatoms. The number of likely N-dealkylation sites (tertiary alicyclic amines) is 1. The lowest BCUT2D eigenvalue weighted by Crippen LogP contribution is -2.29. The highest BCUT2D eigenvalue weighted by atomic mass is 35.5. The number of carbonyl (C=O) groups excluding carboxylic acids is 1. The van der Waals surface area contributed by atoms with E-state index >= 15 is 0 Å². The lowest BCUT2D eigenvalue weighted by atomic mass is 10.1.